The van der Waals surface area contributed by atoms with Crippen LogP contribution in [0.4, 0.5) is 5.82 Å². The maximum Gasteiger partial charge on any atom is 0.293 e. The summed E-state index contributed by atoms with van der Waals surface area (Å²) in [6.45, 7) is 8.76. The molecule has 102 valence electrons. The molecule has 1 aromatic heterocycles. The highest BCUT2D eigenvalue weighted by atomic mass is 16.3. The van der Waals surface area contributed by atoms with Gasteiger partial charge < -0.3 is 15.0 Å². The van der Waals surface area contributed by atoms with Gasteiger partial charge in [0.05, 0.1) is 0 Å². The van der Waals surface area contributed by atoms with E-state index in [1.807, 2.05) is 27.7 Å². The maximum atomic E-state index is 12.2. The van der Waals surface area contributed by atoms with E-state index in [4.69, 9.17) is 5.11 Å². The standard InChI is InChI=1S/C13H23N3O2/c1-10(5-8-17)9-15-11-12(18)16(7-6-14-11)13(2,3)4/h6-7,10,17H,5,8-9H2,1-4H3,(H,14,15). The first-order chi connectivity index (χ1) is 8.36. The van der Waals surface area contributed by atoms with Gasteiger partial charge in [-0.25, -0.2) is 4.98 Å². The summed E-state index contributed by atoms with van der Waals surface area (Å²) in [5.74, 6) is 0.678. The van der Waals surface area contributed by atoms with Crippen LogP contribution in [-0.4, -0.2) is 27.8 Å². The summed E-state index contributed by atoms with van der Waals surface area (Å²) in [6, 6.07) is 0. The summed E-state index contributed by atoms with van der Waals surface area (Å²) >= 11 is 0. The van der Waals surface area contributed by atoms with Crippen molar-refractivity contribution in [3.05, 3.63) is 22.7 Å². The molecule has 1 unspecified atom stereocenters. The molecule has 0 saturated heterocycles. The highest BCUT2D eigenvalue weighted by Crippen LogP contribution is 2.11. The molecule has 18 heavy (non-hydrogen) atoms. The van der Waals surface area contributed by atoms with Gasteiger partial charge in [0.2, 0.25) is 0 Å². The molecule has 0 aliphatic heterocycles. The predicted octanol–water partition coefficient (Wildman–Crippen LogP) is 1.43. The Bertz CT molecular complexity index is 435. The molecular formula is C13H23N3O2. The van der Waals surface area contributed by atoms with Crippen molar-refractivity contribution in [1.82, 2.24) is 9.55 Å². The third-order valence-electron chi connectivity index (χ3n) is 2.80. The lowest BCUT2D eigenvalue weighted by molar-refractivity contribution is 0.265. The van der Waals surface area contributed by atoms with Gasteiger partial charge in [-0.15, -0.1) is 0 Å². The molecule has 0 spiro atoms. The van der Waals surface area contributed by atoms with Crippen LogP contribution >= 0.6 is 0 Å². The Labute approximate surface area is 108 Å². The van der Waals surface area contributed by atoms with Crippen LogP contribution in [0.15, 0.2) is 17.2 Å². The second-order valence-corrected chi connectivity index (χ2v) is 5.62. The molecule has 0 bridgehead atoms. The van der Waals surface area contributed by atoms with Gasteiger partial charge in [-0.2, -0.15) is 0 Å². The van der Waals surface area contributed by atoms with Crippen molar-refractivity contribution in [2.75, 3.05) is 18.5 Å². The van der Waals surface area contributed by atoms with Gasteiger partial charge in [0.1, 0.15) is 0 Å². The van der Waals surface area contributed by atoms with Gasteiger partial charge in [-0.1, -0.05) is 6.92 Å². The minimum atomic E-state index is -0.257. The van der Waals surface area contributed by atoms with E-state index < -0.39 is 0 Å². The summed E-state index contributed by atoms with van der Waals surface area (Å²) in [5.41, 5.74) is -0.367. The highest BCUT2D eigenvalue weighted by molar-refractivity contribution is 5.31. The van der Waals surface area contributed by atoms with Crippen molar-refractivity contribution < 1.29 is 5.11 Å². The third kappa shape index (κ3) is 3.84. The summed E-state index contributed by atoms with van der Waals surface area (Å²) < 4.78 is 1.67. The maximum absolute atomic E-state index is 12.2. The normalized spacial score (nSPS) is 13.4. The summed E-state index contributed by atoms with van der Waals surface area (Å²) in [4.78, 5) is 16.3. The van der Waals surface area contributed by atoms with Gasteiger partial charge in [0, 0.05) is 31.1 Å². The summed E-state index contributed by atoms with van der Waals surface area (Å²) in [7, 11) is 0. The summed E-state index contributed by atoms with van der Waals surface area (Å²) in [5, 5.41) is 11.9. The number of aromatic nitrogens is 2. The van der Waals surface area contributed by atoms with E-state index in [1.54, 1.807) is 17.0 Å². The minimum Gasteiger partial charge on any atom is -0.396 e. The van der Waals surface area contributed by atoms with Gasteiger partial charge in [0.25, 0.3) is 5.56 Å². The fraction of sp³-hybridized carbons (Fsp3) is 0.692. The van der Waals surface area contributed by atoms with Crippen molar-refractivity contribution in [3.63, 3.8) is 0 Å². The van der Waals surface area contributed by atoms with Crippen LogP contribution in [0.5, 0.6) is 0 Å². The van der Waals surface area contributed by atoms with Crippen LogP contribution in [0.25, 0.3) is 0 Å². The average Bonchev–Trinajstić information content (AvgIpc) is 2.26. The zero-order valence-electron chi connectivity index (χ0n) is 11.6. The molecule has 0 aliphatic carbocycles. The molecule has 0 aliphatic rings. The topological polar surface area (TPSA) is 67.2 Å². The van der Waals surface area contributed by atoms with Crippen molar-refractivity contribution in [2.45, 2.75) is 39.7 Å². The quantitative estimate of drug-likeness (QED) is 0.833. The lowest BCUT2D eigenvalue weighted by Crippen LogP contribution is -2.35. The van der Waals surface area contributed by atoms with Crippen LogP contribution in [0, 0.1) is 5.92 Å². The zero-order valence-corrected chi connectivity index (χ0v) is 11.6. The van der Waals surface area contributed by atoms with E-state index in [-0.39, 0.29) is 17.7 Å². The van der Waals surface area contributed by atoms with Gasteiger partial charge >= 0.3 is 0 Å². The van der Waals surface area contributed by atoms with E-state index in [9.17, 15) is 4.79 Å². The number of rotatable bonds is 5. The Morgan fingerprint density at radius 3 is 2.72 bits per heavy atom. The Morgan fingerprint density at radius 2 is 2.17 bits per heavy atom. The first kappa shape index (κ1) is 14.7. The second kappa shape index (κ2) is 6.00. The molecule has 0 radical (unpaired) electrons. The van der Waals surface area contributed by atoms with Crippen molar-refractivity contribution in [1.29, 1.82) is 0 Å². The number of nitrogens with one attached hydrogen (secondary N) is 1. The molecule has 2 N–H and O–H groups in total. The Balaban J connectivity index is 2.82. The first-order valence-electron chi connectivity index (χ1n) is 6.29. The largest absolute Gasteiger partial charge is 0.396 e. The molecule has 5 nitrogen and oxygen atoms in total. The molecule has 1 atom stereocenters. The molecule has 1 rings (SSSR count). The van der Waals surface area contributed by atoms with Gasteiger partial charge in [0.15, 0.2) is 5.82 Å². The number of hydrogen-bond donors (Lipinski definition) is 2. The van der Waals surface area contributed by atoms with Crippen LogP contribution in [0.1, 0.15) is 34.1 Å². The monoisotopic (exact) mass is 253 g/mol. The minimum absolute atomic E-state index is 0.110. The van der Waals surface area contributed by atoms with E-state index in [1.165, 1.54) is 0 Å². The van der Waals surface area contributed by atoms with Crippen LogP contribution in [-0.2, 0) is 5.54 Å². The second-order valence-electron chi connectivity index (χ2n) is 5.62. The summed E-state index contributed by atoms with van der Waals surface area (Å²) in [6.07, 6.45) is 4.05. The molecule has 0 fully saturated rings. The fourth-order valence-corrected chi connectivity index (χ4v) is 1.65. The number of aliphatic hydroxyl groups excluding tert-OH is 1. The van der Waals surface area contributed by atoms with Crippen LogP contribution in [0.3, 0.4) is 0 Å². The van der Waals surface area contributed by atoms with E-state index in [2.05, 4.69) is 10.3 Å². The molecule has 5 heteroatoms. The highest BCUT2D eigenvalue weighted by Gasteiger charge is 2.16. The lowest BCUT2D eigenvalue weighted by atomic mass is 10.1. The van der Waals surface area contributed by atoms with Crippen molar-refractivity contribution >= 4 is 5.82 Å². The molecule has 1 heterocycles. The molecular weight excluding hydrogens is 230 g/mol. The smallest absolute Gasteiger partial charge is 0.293 e. The van der Waals surface area contributed by atoms with E-state index in [0.29, 0.717) is 24.7 Å². The first-order valence-corrected chi connectivity index (χ1v) is 6.29. The number of aliphatic hydroxyl groups is 1. The molecule has 0 amide bonds. The van der Waals surface area contributed by atoms with Crippen molar-refractivity contribution in [2.24, 2.45) is 5.92 Å². The van der Waals surface area contributed by atoms with E-state index in [0.717, 1.165) is 0 Å². The van der Waals surface area contributed by atoms with Crippen LogP contribution in [0.2, 0.25) is 0 Å². The fourth-order valence-electron chi connectivity index (χ4n) is 1.65. The Hall–Kier alpha value is -1.36. The third-order valence-corrected chi connectivity index (χ3v) is 2.80. The molecule has 1 aromatic rings. The average molecular weight is 253 g/mol. The SMILES string of the molecule is CC(CCO)CNc1nccn(C(C)(C)C)c1=O. The number of nitrogens with zero attached hydrogens (tertiary/aromatic N) is 2. The number of anilines is 1. The van der Waals surface area contributed by atoms with Crippen LogP contribution < -0.4 is 10.9 Å². The Kier molecular flexibility index (Phi) is 4.90. The molecule has 0 saturated carbocycles. The van der Waals surface area contributed by atoms with Gasteiger partial charge in [-0.3, -0.25) is 4.79 Å². The predicted molar refractivity (Wildman–Crippen MR) is 72.8 cm³/mol. The zero-order chi connectivity index (χ0) is 13.8. The lowest BCUT2D eigenvalue weighted by Gasteiger charge is -2.22. The van der Waals surface area contributed by atoms with Gasteiger partial charge in [-0.05, 0) is 33.1 Å². The molecule has 0 aromatic carbocycles. The Morgan fingerprint density at radius 1 is 1.50 bits per heavy atom. The number of hydrogen-bond acceptors (Lipinski definition) is 4. The van der Waals surface area contributed by atoms with Crippen molar-refractivity contribution in [3.8, 4) is 0 Å². The van der Waals surface area contributed by atoms with E-state index >= 15 is 0 Å².